The maximum Gasteiger partial charge on any atom is 0.330 e. The fraction of sp³-hybridized carbons (Fsp3) is 0.214. The zero-order valence-electron chi connectivity index (χ0n) is 20.1. The van der Waals surface area contributed by atoms with Crippen LogP contribution in [0, 0.1) is 5.41 Å². The van der Waals surface area contributed by atoms with Gasteiger partial charge in [0.2, 0.25) is 5.41 Å². The molecular formula is C28H26ClNO6. The maximum atomic E-state index is 13.7. The van der Waals surface area contributed by atoms with Gasteiger partial charge in [0.15, 0.2) is 0 Å². The van der Waals surface area contributed by atoms with Crippen LogP contribution >= 0.6 is 11.6 Å². The van der Waals surface area contributed by atoms with E-state index in [1.54, 1.807) is 61.7 Å². The molecule has 1 unspecified atom stereocenters. The van der Waals surface area contributed by atoms with Gasteiger partial charge < -0.3 is 14.2 Å². The molecule has 0 spiro atoms. The summed E-state index contributed by atoms with van der Waals surface area (Å²) in [5.74, 6) is -0.908. The van der Waals surface area contributed by atoms with Gasteiger partial charge in [-0.25, -0.2) is 5.06 Å². The van der Waals surface area contributed by atoms with E-state index < -0.39 is 23.4 Å². The summed E-state index contributed by atoms with van der Waals surface area (Å²) < 4.78 is 15.9. The third kappa shape index (κ3) is 4.55. The minimum atomic E-state index is -1.88. The van der Waals surface area contributed by atoms with E-state index in [9.17, 15) is 9.59 Å². The van der Waals surface area contributed by atoms with Crippen LogP contribution in [0.3, 0.4) is 0 Å². The van der Waals surface area contributed by atoms with Gasteiger partial charge in [0, 0.05) is 5.02 Å². The number of carbonyl (C=O) groups excluding carboxylic acids is 2. The minimum Gasteiger partial charge on any atom is -0.497 e. The van der Waals surface area contributed by atoms with Crippen molar-refractivity contribution < 1.29 is 28.6 Å². The van der Waals surface area contributed by atoms with Crippen molar-refractivity contribution in [2.75, 3.05) is 33.0 Å². The third-order valence-corrected chi connectivity index (χ3v) is 6.43. The van der Waals surface area contributed by atoms with Gasteiger partial charge in [-0.15, -0.1) is 0 Å². The number of carbonyl (C=O) groups is 2. The molecular weight excluding hydrogens is 482 g/mol. The Morgan fingerprint density at radius 3 is 2.08 bits per heavy atom. The lowest BCUT2D eigenvalue weighted by molar-refractivity contribution is -0.173. The number of hydrogen-bond donors (Lipinski definition) is 0. The second-order valence-corrected chi connectivity index (χ2v) is 8.56. The molecule has 186 valence electrons. The highest BCUT2D eigenvalue weighted by atomic mass is 35.5. The van der Waals surface area contributed by atoms with Crippen LogP contribution < -0.4 is 9.80 Å². The number of anilines is 1. The second kappa shape index (κ2) is 10.8. The van der Waals surface area contributed by atoms with Crippen molar-refractivity contribution in [2.45, 2.75) is 6.04 Å². The lowest BCUT2D eigenvalue weighted by atomic mass is 9.69. The van der Waals surface area contributed by atoms with E-state index in [-0.39, 0.29) is 6.61 Å². The molecule has 0 amide bonds. The number of hydrogen-bond acceptors (Lipinski definition) is 7. The zero-order chi connectivity index (χ0) is 25.7. The lowest BCUT2D eigenvalue weighted by Crippen LogP contribution is -2.57. The highest BCUT2D eigenvalue weighted by molar-refractivity contribution is 6.30. The topological polar surface area (TPSA) is 74.3 Å². The van der Waals surface area contributed by atoms with Crippen molar-refractivity contribution in [1.29, 1.82) is 0 Å². The van der Waals surface area contributed by atoms with Gasteiger partial charge in [-0.1, -0.05) is 60.1 Å². The summed E-state index contributed by atoms with van der Waals surface area (Å²) in [5.41, 5.74) is 0.516. The summed E-state index contributed by atoms with van der Waals surface area (Å²) in [7, 11) is 4.06. The Morgan fingerprint density at radius 1 is 0.917 bits per heavy atom. The molecule has 3 aromatic rings. The van der Waals surface area contributed by atoms with E-state index in [1.807, 2.05) is 30.3 Å². The Labute approximate surface area is 214 Å². The average molecular weight is 508 g/mol. The molecule has 1 aliphatic rings. The molecule has 36 heavy (non-hydrogen) atoms. The molecule has 8 heteroatoms. The lowest BCUT2D eigenvalue weighted by Gasteiger charge is -2.47. The van der Waals surface area contributed by atoms with E-state index in [0.29, 0.717) is 27.6 Å². The van der Waals surface area contributed by atoms with Gasteiger partial charge in [-0.05, 0) is 53.1 Å². The first-order chi connectivity index (χ1) is 17.4. The minimum absolute atomic E-state index is 0.0611. The van der Waals surface area contributed by atoms with Crippen LogP contribution in [0.5, 0.6) is 5.75 Å². The van der Waals surface area contributed by atoms with Gasteiger partial charge in [-0.2, -0.15) is 0 Å². The van der Waals surface area contributed by atoms with E-state index in [1.165, 1.54) is 19.3 Å². The molecule has 0 saturated carbocycles. The fourth-order valence-corrected chi connectivity index (χ4v) is 4.58. The molecule has 0 N–H and O–H groups in total. The molecule has 1 aliphatic heterocycles. The van der Waals surface area contributed by atoms with Crippen LogP contribution in [-0.4, -0.2) is 39.9 Å². The summed E-state index contributed by atoms with van der Waals surface area (Å²) in [5, 5.41) is 2.07. The number of rotatable bonds is 6. The zero-order valence-corrected chi connectivity index (χ0v) is 20.9. The van der Waals surface area contributed by atoms with Gasteiger partial charge in [0.1, 0.15) is 11.8 Å². The monoisotopic (exact) mass is 507 g/mol. The summed E-state index contributed by atoms with van der Waals surface area (Å²) >= 11 is 6.12. The van der Waals surface area contributed by atoms with Crippen molar-refractivity contribution in [3.63, 3.8) is 0 Å². The number of halogens is 1. The van der Waals surface area contributed by atoms with Crippen LogP contribution in [0.1, 0.15) is 17.2 Å². The third-order valence-electron chi connectivity index (χ3n) is 6.18. The van der Waals surface area contributed by atoms with E-state index in [2.05, 4.69) is 0 Å². The molecule has 1 saturated heterocycles. The van der Waals surface area contributed by atoms with Crippen LogP contribution in [0.15, 0.2) is 84.4 Å². The fourth-order valence-electron chi connectivity index (χ4n) is 4.46. The van der Waals surface area contributed by atoms with Crippen molar-refractivity contribution in [3.8, 4) is 5.75 Å². The standard InChI is InChI=1S/C28H26ClNO6/c1-33-24-15-9-20(10-16-24)25-28(26(31)34-2,27(32)35-3)21(17-19-7-5-4-6-8-19)18-36-30(25)23-13-11-22(29)12-14-23/h4-17,25H,18H2,1-3H3/b21-17+. The molecule has 7 nitrogen and oxygen atoms in total. The van der Waals surface area contributed by atoms with E-state index in [0.717, 1.165) is 5.56 Å². The number of hydroxylamine groups is 1. The van der Waals surface area contributed by atoms with Crippen LogP contribution in [0.25, 0.3) is 6.08 Å². The highest BCUT2D eigenvalue weighted by Crippen LogP contribution is 2.52. The predicted octanol–water partition coefficient (Wildman–Crippen LogP) is 5.26. The summed E-state index contributed by atoms with van der Waals surface area (Å²) in [6.07, 6.45) is 1.77. The van der Waals surface area contributed by atoms with Crippen LogP contribution in [-0.2, 0) is 23.9 Å². The Morgan fingerprint density at radius 2 is 1.53 bits per heavy atom. The molecule has 1 atom stereocenters. The van der Waals surface area contributed by atoms with Crippen LogP contribution in [0.2, 0.25) is 5.02 Å². The molecule has 1 fully saturated rings. The number of benzene rings is 3. The average Bonchev–Trinajstić information content (AvgIpc) is 2.93. The molecule has 1 heterocycles. The molecule has 3 aromatic carbocycles. The number of methoxy groups -OCH3 is 3. The Bertz CT molecular complexity index is 1230. The molecule has 4 rings (SSSR count). The second-order valence-electron chi connectivity index (χ2n) is 8.12. The molecule has 0 aromatic heterocycles. The van der Waals surface area contributed by atoms with E-state index >= 15 is 0 Å². The van der Waals surface area contributed by atoms with Crippen LogP contribution in [0.4, 0.5) is 5.69 Å². The number of nitrogens with zero attached hydrogens (tertiary/aromatic N) is 1. The Balaban J connectivity index is 2.02. The SMILES string of the molecule is COC(=O)C1(C(=O)OC)/C(=C/c2ccccc2)CON(c2ccc(Cl)cc2)C1c1ccc(OC)cc1. The normalized spacial score (nSPS) is 17.9. The van der Waals surface area contributed by atoms with Gasteiger partial charge >= 0.3 is 11.9 Å². The Hall–Kier alpha value is -3.81. The summed E-state index contributed by atoms with van der Waals surface area (Å²) in [4.78, 5) is 33.7. The number of esters is 2. The van der Waals surface area contributed by atoms with Gasteiger partial charge in [-0.3, -0.25) is 14.4 Å². The van der Waals surface area contributed by atoms with Crippen molar-refractivity contribution >= 4 is 35.3 Å². The molecule has 0 bridgehead atoms. The molecule has 0 radical (unpaired) electrons. The predicted molar refractivity (Wildman–Crippen MR) is 137 cm³/mol. The van der Waals surface area contributed by atoms with Crippen molar-refractivity contribution in [3.05, 3.63) is 101 Å². The summed E-state index contributed by atoms with van der Waals surface area (Å²) in [6.45, 7) is -0.0611. The maximum absolute atomic E-state index is 13.7. The first kappa shape index (κ1) is 25.3. The number of ether oxygens (including phenoxy) is 3. The smallest absolute Gasteiger partial charge is 0.330 e. The first-order valence-corrected chi connectivity index (χ1v) is 11.6. The van der Waals surface area contributed by atoms with E-state index in [4.69, 9.17) is 30.6 Å². The largest absolute Gasteiger partial charge is 0.497 e. The quantitative estimate of drug-likeness (QED) is 0.333. The van der Waals surface area contributed by atoms with Gasteiger partial charge in [0.05, 0.1) is 33.6 Å². The first-order valence-electron chi connectivity index (χ1n) is 11.2. The van der Waals surface area contributed by atoms with Crippen molar-refractivity contribution in [1.82, 2.24) is 0 Å². The van der Waals surface area contributed by atoms with Gasteiger partial charge in [0.25, 0.3) is 0 Å². The summed E-state index contributed by atoms with van der Waals surface area (Å²) in [6, 6.07) is 22.4. The van der Waals surface area contributed by atoms with Crippen molar-refractivity contribution in [2.24, 2.45) is 5.41 Å². The highest BCUT2D eigenvalue weighted by Gasteiger charge is 2.62. The Kier molecular flexibility index (Phi) is 7.62. The molecule has 0 aliphatic carbocycles.